The monoisotopic (exact) mass is 423 g/mol. The fourth-order valence-electron chi connectivity index (χ4n) is 4.84. The number of benzene rings is 3. The van der Waals surface area contributed by atoms with Crippen molar-refractivity contribution in [2.24, 2.45) is 0 Å². The number of fused-ring (bicyclic) bond motifs is 6. The van der Waals surface area contributed by atoms with Gasteiger partial charge in [-0.15, -0.1) is 0 Å². The van der Waals surface area contributed by atoms with E-state index in [-0.39, 0.29) is 0 Å². The molecular weight excluding hydrogens is 390 g/mol. The zero-order valence-electron chi connectivity index (χ0n) is 19.3. The van der Waals surface area contributed by atoms with E-state index < -0.39 is 0 Å². The van der Waals surface area contributed by atoms with Gasteiger partial charge in [0.15, 0.2) is 23.0 Å². The third kappa shape index (κ3) is 3.87. The van der Waals surface area contributed by atoms with E-state index in [1.165, 1.54) is 41.2 Å². The summed E-state index contributed by atoms with van der Waals surface area (Å²) in [4.78, 5) is 2.58. The summed E-state index contributed by atoms with van der Waals surface area (Å²) in [7, 11) is 6.76. The third-order valence-electron chi connectivity index (χ3n) is 6.49. The summed E-state index contributed by atoms with van der Waals surface area (Å²) < 4.78 is 22.5. The zero-order chi connectivity index (χ0) is 22.0. The number of hydrogen-bond donors (Lipinski definition) is 0. The van der Waals surface area contributed by atoms with Crippen molar-refractivity contribution in [1.29, 1.82) is 0 Å². The second-order valence-corrected chi connectivity index (χ2v) is 8.20. The van der Waals surface area contributed by atoms with Gasteiger partial charge in [0.25, 0.3) is 0 Å². The largest absolute Gasteiger partial charge is 0.493 e. The molecule has 0 amide bonds. The number of unbranched alkanes of at least 4 members (excludes halogenated alkanes) is 2. The van der Waals surface area contributed by atoms with E-state index in [0.29, 0.717) is 0 Å². The van der Waals surface area contributed by atoms with Gasteiger partial charge in [-0.2, -0.15) is 0 Å². The lowest BCUT2D eigenvalue weighted by Gasteiger charge is -2.31. The summed E-state index contributed by atoms with van der Waals surface area (Å²) in [5, 5.41) is 4.78. The van der Waals surface area contributed by atoms with Crippen LogP contribution >= 0.6 is 0 Å². The van der Waals surface area contributed by atoms with Crippen molar-refractivity contribution in [1.82, 2.24) is 4.90 Å². The molecule has 31 heavy (non-hydrogen) atoms. The molecule has 3 aromatic carbocycles. The zero-order valence-corrected chi connectivity index (χ0v) is 19.3. The minimum Gasteiger partial charge on any atom is -0.493 e. The van der Waals surface area contributed by atoms with Gasteiger partial charge in [0.05, 0.1) is 28.4 Å². The maximum Gasteiger partial charge on any atom is 0.161 e. The Labute approximate surface area is 184 Å². The van der Waals surface area contributed by atoms with Crippen molar-refractivity contribution in [3.8, 4) is 23.0 Å². The molecule has 0 aliphatic carbocycles. The van der Waals surface area contributed by atoms with E-state index in [0.717, 1.165) is 59.8 Å². The van der Waals surface area contributed by atoms with E-state index in [2.05, 4.69) is 36.1 Å². The molecule has 4 rings (SSSR count). The number of rotatable bonds is 8. The average molecular weight is 424 g/mol. The smallest absolute Gasteiger partial charge is 0.161 e. The number of methoxy groups -OCH3 is 4. The van der Waals surface area contributed by atoms with Crippen molar-refractivity contribution < 1.29 is 18.9 Å². The predicted octanol–water partition coefficient (Wildman–Crippen LogP) is 5.58. The highest BCUT2D eigenvalue weighted by Gasteiger charge is 2.24. The van der Waals surface area contributed by atoms with Crippen LogP contribution in [0.1, 0.15) is 37.3 Å². The number of nitrogens with zero attached hydrogens (tertiary/aromatic N) is 1. The molecule has 0 saturated carbocycles. The Balaban J connectivity index is 1.97. The SMILES string of the molecule is CCCCCN1CCc2c(c3cc(OC)c(OC)cc3c3cc(OC)c(OC)cc23)C1. The van der Waals surface area contributed by atoms with Crippen LogP contribution in [0.25, 0.3) is 21.5 Å². The van der Waals surface area contributed by atoms with Crippen LogP contribution in [0.2, 0.25) is 0 Å². The van der Waals surface area contributed by atoms with E-state index in [9.17, 15) is 0 Å². The fourth-order valence-corrected chi connectivity index (χ4v) is 4.84. The molecule has 0 fully saturated rings. The van der Waals surface area contributed by atoms with Crippen molar-refractivity contribution in [2.45, 2.75) is 39.2 Å². The van der Waals surface area contributed by atoms with Crippen LogP contribution in [0, 0.1) is 0 Å². The van der Waals surface area contributed by atoms with E-state index in [4.69, 9.17) is 18.9 Å². The Morgan fingerprint density at radius 2 is 1.16 bits per heavy atom. The molecule has 1 aliphatic rings. The van der Waals surface area contributed by atoms with Crippen LogP contribution in [0.5, 0.6) is 23.0 Å². The van der Waals surface area contributed by atoms with Crippen LogP contribution in [0.15, 0.2) is 24.3 Å². The maximum atomic E-state index is 5.65. The molecule has 0 N–H and O–H groups in total. The summed E-state index contributed by atoms with van der Waals surface area (Å²) in [6.07, 6.45) is 4.80. The van der Waals surface area contributed by atoms with Gasteiger partial charge in [-0.25, -0.2) is 0 Å². The van der Waals surface area contributed by atoms with Gasteiger partial charge in [0.2, 0.25) is 0 Å². The molecular formula is C26H33NO4. The Kier molecular flexibility index (Phi) is 6.42. The molecule has 0 spiro atoms. The molecule has 166 valence electrons. The lowest BCUT2D eigenvalue weighted by atomic mass is 9.87. The van der Waals surface area contributed by atoms with Crippen LogP contribution in [0.3, 0.4) is 0 Å². The second-order valence-electron chi connectivity index (χ2n) is 8.20. The molecule has 0 saturated heterocycles. The highest BCUT2D eigenvalue weighted by atomic mass is 16.5. The first-order valence-corrected chi connectivity index (χ1v) is 11.1. The van der Waals surface area contributed by atoms with E-state index in [1.807, 2.05) is 0 Å². The van der Waals surface area contributed by atoms with Crippen molar-refractivity contribution >= 4 is 21.5 Å². The molecule has 0 atom stereocenters. The first-order chi connectivity index (χ1) is 15.1. The molecule has 0 radical (unpaired) electrons. The van der Waals surface area contributed by atoms with Crippen molar-refractivity contribution in [3.63, 3.8) is 0 Å². The summed E-state index contributed by atoms with van der Waals surface area (Å²) in [6, 6.07) is 8.46. The minimum absolute atomic E-state index is 0.738. The van der Waals surface area contributed by atoms with Gasteiger partial charge < -0.3 is 18.9 Å². The molecule has 3 aromatic rings. The average Bonchev–Trinajstić information content (AvgIpc) is 2.82. The topological polar surface area (TPSA) is 40.2 Å². The van der Waals surface area contributed by atoms with Crippen molar-refractivity contribution in [3.05, 3.63) is 35.4 Å². The van der Waals surface area contributed by atoms with E-state index >= 15 is 0 Å². The van der Waals surface area contributed by atoms with Crippen LogP contribution in [-0.4, -0.2) is 46.4 Å². The third-order valence-corrected chi connectivity index (χ3v) is 6.49. The summed E-state index contributed by atoms with van der Waals surface area (Å²) in [6.45, 7) is 5.44. The van der Waals surface area contributed by atoms with Gasteiger partial charge >= 0.3 is 0 Å². The Morgan fingerprint density at radius 1 is 0.677 bits per heavy atom. The molecule has 1 heterocycles. The van der Waals surface area contributed by atoms with E-state index in [1.54, 1.807) is 28.4 Å². The summed E-state index contributed by atoms with van der Waals surface area (Å²) >= 11 is 0. The highest BCUT2D eigenvalue weighted by Crippen LogP contribution is 2.44. The quantitative estimate of drug-likeness (QED) is 0.350. The lowest BCUT2D eigenvalue weighted by molar-refractivity contribution is 0.250. The van der Waals surface area contributed by atoms with Gasteiger partial charge in [0.1, 0.15) is 0 Å². The second kappa shape index (κ2) is 9.23. The summed E-state index contributed by atoms with van der Waals surface area (Å²) in [5.74, 6) is 3.01. The number of hydrogen-bond acceptors (Lipinski definition) is 5. The standard InChI is InChI=1S/C26H33NO4/c1-6-7-8-10-27-11-9-17-18-12-23(28-2)24(29-3)13-19(18)20-14-25(30-4)26(31-5)15-21(20)22(17)16-27/h12-15H,6-11,16H2,1-5H3. The maximum absolute atomic E-state index is 5.65. The van der Waals surface area contributed by atoms with Crippen LogP contribution in [-0.2, 0) is 13.0 Å². The molecule has 1 aliphatic heterocycles. The Bertz CT molecular complexity index is 1090. The Morgan fingerprint density at radius 3 is 1.65 bits per heavy atom. The van der Waals surface area contributed by atoms with Gasteiger partial charge in [-0.3, -0.25) is 4.90 Å². The minimum atomic E-state index is 0.738. The lowest BCUT2D eigenvalue weighted by Crippen LogP contribution is -2.31. The molecule has 5 heteroatoms. The predicted molar refractivity (Wildman–Crippen MR) is 126 cm³/mol. The van der Waals surface area contributed by atoms with Gasteiger partial charge in [-0.05, 0) is 76.3 Å². The Hall–Kier alpha value is -2.66. The highest BCUT2D eigenvalue weighted by molar-refractivity contribution is 6.12. The fraction of sp³-hybridized carbons (Fsp3) is 0.462. The molecule has 5 nitrogen and oxygen atoms in total. The molecule has 0 aromatic heterocycles. The summed E-state index contributed by atoms with van der Waals surface area (Å²) in [5.41, 5.74) is 2.79. The molecule has 0 unspecified atom stereocenters. The van der Waals surface area contributed by atoms with Gasteiger partial charge in [0, 0.05) is 13.1 Å². The number of ether oxygens (including phenoxy) is 4. The molecule has 0 bridgehead atoms. The van der Waals surface area contributed by atoms with Crippen LogP contribution < -0.4 is 18.9 Å². The first-order valence-electron chi connectivity index (χ1n) is 11.1. The van der Waals surface area contributed by atoms with Gasteiger partial charge in [-0.1, -0.05) is 19.8 Å². The van der Waals surface area contributed by atoms with Crippen molar-refractivity contribution in [2.75, 3.05) is 41.5 Å². The van der Waals surface area contributed by atoms with Crippen LogP contribution in [0.4, 0.5) is 0 Å². The first kappa shape index (κ1) is 21.6. The normalized spacial score (nSPS) is 14.0.